The Hall–Kier alpha value is -0.470. The van der Waals surface area contributed by atoms with Crippen molar-refractivity contribution in [3.63, 3.8) is 0 Å². The largest absolute Gasteiger partial charge is 0.309 e. The first-order valence-corrected chi connectivity index (χ1v) is 9.73. The second-order valence-corrected chi connectivity index (χ2v) is 7.73. The molecule has 2 atom stereocenters. The Bertz CT molecular complexity index is 372. The van der Waals surface area contributed by atoms with Crippen molar-refractivity contribution < 1.29 is 0 Å². The Morgan fingerprint density at radius 3 is 2.43 bits per heavy atom. The molecule has 2 unspecified atom stereocenters. The smallest absolute Gasteiger partial charge is 0.0440 e. The van der Waals surface area contributed by atoms with Crippen LogP contribution in [0.1, 0.15) is 70.4 Å². The standard InChI is InChI=1S/C19H31NS/c1-3-15-20-19(16-11-7-5-8-12-16)18(4-2)21-17-13-9-6-10-14-17/h5,7-8,11-12,17-20H,3-4,6,9-10,13-15H2,1-2H3. The zero-order valence-electron chi connectivity index (χ0n) is 13.7. The summed E-state index contributed by atoms with van der Waals surface area (Å²) in [6.07, 6.45) is 9.63. The first kappa shape index (κ1) is 16.9. The third-order valence-electron chi connectivity index (χ3n) is 4.47. The Balaban J connectivity index is 2.04. The Labute approximate surface area is 135 Å². The predicted octanol–water partition coefficient (Wildman–Crippen LogP) is 5.57. The lowest BCUT2D eigenvalue weighted by molar-refractivity contribution is 0.489. The molecule has 0 aromatic heterocycles. The van der Waals surface area contributed by atoms with E-state index >= 15 is 0 Å². The van der Waals surface area contributed by atoms with Gasteiger partial charge in [0.2, 0.25) is 0 Å². The molecule has 1 N–H and O–H groups in total. The van der Waals surface area contributed by atoms with Crippen molar-refractivity contribution in [2.75, 3.05) is 6.54 Å². The van der Waals surface area contributed by atoms with Crippen molar-refractivity contribution in [2.24, 2.45) is 0 Å². The molecule has 0 saturated heterocycles. The lowest BCUT2D eigenvalue weighted by Gasteiger charge is -2.32. The van der Waals surface area contributed by atoms with E-state index in [4.69, 9.17) is 0 Å². The number of hydrogen-bond acceptors (Lipinski definition) is 2. The fourth-order valence-electron chi connectivity index (χ4n) is 3.28. The summed E-state index contributed by atoms with van der Waals surface area (Å²) < 4.78 is 0. The fourth-order valence-corrected chi connectivity index (χ4v) is 4.99. The summed E-state index contributed by atoms with van der Waals surface area (Å²) >= 11 is 2.26. The Kier molecular flexibility index (Phi) is 7.66. The highest BCUT2D eigenvalue weighted by atomic mass is 32.2. The van der Waals surface area contributed by atoms with Gasteiger partial charge in [0.05, 0.1) is 0 Å². The van der Waals surface area contributed by atoms with Crippen LogP contribution in [0, 0.1) is 0 Å². The van der Waals surface area contributed by atoms with E-state index < -0.39 is 0 Å². The number of benzene rings is 1. The molecule has 21 heavy (non-hydrogen) atoms. The van der Waals surface area contributed by atoms with Crippen LogP contribution in [0.2, 0.25) is 0 Å². The van der Waals surface area contributed by atoms with Gasteiger partial charge in [-0.15, -0.1) is 0 Å². The maximum absolute atomic E-state index is 3.81. The maximum Gasteiger partial charge on any atom is 0.0440 e. The molecule has 1 aromatic carbocycles. The van der Waals surface area contributed by atoms with E-state index in [0.717, 1.165) is 11.8 Å². The molecule has 1 aromatic rings. The van der Waals surface area contributed by atoms with Crippen LogP contribution in [0.15, 0.2) is 30.3 Å². The average molecular weight is 306 g/mol. The SMILES string of the molecule is CCCNC(c1ccccc1)C(CC)SC1CCCCC1. The summed E-state index contributed by atoms with van der Waals surface area (Å²) in [4.78, 5) is 0. The molecule has 0 aliphatic heterocycles. The van der Waals surface area contributed by atoms with Crippen LogP contribution in [-0.2, 0) is 0 Å². The van der Waals surface area contributed by atoms with E-state index in [1.165, 1.54) is 50.5 Å². The molecule has 0 heterocycles. The second-order valence-electron chi connectivity index (χ2n) is 6.19. The van der Waals surface area contributed by atoms with E-state index in [9.17, 15) is 0 Å². The van der Waals surface area contributed by atoms with Gasteiger partial charge in [-0.1, -0.05) is 63.4 Å². The number of nitrogens with one attached hydrogen (secondary N) is 1. The third kappa shape index (κ3) is 5.34. The van der Waals surface area contributed by atoms with Crippen molar-refractivity contribution >= 4 is 11.8 Å². The van der Waals surface area contributed by atoms with E-state index in [1.807, 2.05) is 0 Å². The highest BCUT2D eigenvalue weighted by molar-refractivity contribution is 8.00. The van der Waals surface area contributed by atoms with Gasteiger partial charge < -0.3 is 5.32 Å². The molecule has 1 aliphatic carbocycles. The third-order valence-corrected chi connectivity index (χ3v) is 6.28. The molecule has 1 fully saturated rings. The first-order chi connectivity index (χ1) is 10.3. The summed E-state index contributed by atoms with van der Waals surface area (Å²) in [7, 11) is 0. The van der Waals surface area contributed by atoms with Crippen molar-refractivity contribution in [3.05, 3.63) is 35.9 Å². The summed E-state index contributed by atoms with van der Waals surface area (Å²) in [6.45, 7) is 5.72. The van der Waals surface area contributed by atoms with Crippen molar-refractivity contribution in [1.29, 1.82) is 0 Å². The van der Waals surface area contributed by atoms with Crippen LogP contribution in [-0.4, -0.2) is 17.0 Å². The van der Waals surface area contributed by atoms with Crippen molar-refractivity contribution in [2.45, 2.75) is 75.3 Å². The van der Waals surface area contributed by atoms with E-state index in [-0.39, 0.29) is 0 Å². The number of thioether (sulfide) groups is 1. The minimum absolute atomic E-state index is 0.503. The highest BCUT2D eigenvalue weighted by Crippen LogP contribution is 2.37. The zero-order valence-corrected chi connectivity index (χ0v) is 14.5. The van der Waals surface area contributed by atoms with Crippen LogP contribution in [0.3, 0.4) is 0 Å². The lowest BCUT2D eigenvalue weighted by Crippen LogP contribution is -2.32. The molecule has 118 valence electrons. The highest BCUT2D eigenvalue weighted by Gasteiger charge is 2.25. The number of rotatable bonds is 8. The Morgan fingerprint density at radius 2 is 1.81 bits per heavy atom. The maximum atomic E-state index is 3.81. The molecule has 2 rings (SSSR count). The molecule has 2 heteroatoms. The molecular weight excluding hydrogens is 274 g/mol. The monoisotopic (exact) mass is 305 g/mol. The van der Waals surface area contributed by atoms with Gasteiger partial charge in [-0.05, 0) is 37.8 Å². The topological polar surface area (TPSA) is 12.0 Å². The summed E-state index contributed by atoms with van der Waals surface area (Å²) in [5.41, 5.74) is 1.46. The molecule has 1 saturated carbocycles. The summed E-state index contributed by atoms with van der Waals surface area (Å²) in [5.74, 6) is 0. The zero-order chi connectivity index (χ0) is 14.9. The van der Waals surface area contributed by atoms with Crippen LogP contribution >= 0.6 is 11.8 Å². The molecule has 1 nitrogen and oxygen atoms in total. The van der Waals surface area contributed by atoms with E-state index in [0.29, 0.717) is 11.3 Å². The van der Waals surface area contributed by atoms with Gasteiger partial charge in [0.1, 0.15) is 0 Å². The van der Waals surface area contributed by atoms with Gasteiger partial charge >= 0.3 is 0 Å². The molecule has 0 bridgehead atoms. The molecule has 1 aliphatic rings. The fraction of sp³-hybridized carbons (Fsp3) is 0.684. The van der Waals surface area contributed by atoms with Gasteiger partial charge in [0.25, 0.3) is 0 Å². The van der Waals surface area contributed by atoms with Gasteiger partial charge in [-0.2, -0.15) is 11.8 Å². The van der Waals surface area contributed by atoms with Crippen LogP contribution in [0.4, 0.5) is 0 Å². The van der Waals surface area contributed by atoms with Crippen molar-refractivity contribution in [3.8, 4) is 0 Å². The first-order valence-electron chi connectivity index (χ1n) is 8.79. The number of hydrogen-bond donors (Lipinski definition) is 1. The lowest BCUT2D eigenvalue weighted by atomic mass is 10.0. The summed E-state index contributed by atoms with van der Waals surface area (Å²) in [5, 5.41) is 5.39. The van der Waals surface area contributed by atoms with E-state index in [1.54, 1.807) is 0 Å². The van der Waals surface area contributed by atoms with Gasteiger partial charge in [0.15, 0.2) is 0 Å². The summed E-state index contributed by atoms with van der Waals surface area (Å²) in [6, 6.07) is 11.6. The minimum atomic E-state index is 0.503. The van der Waals surface area contributed by atoms with Crippen LogP contribution in [0.5, 0.6) is 0 Å². The second kappa shape index (κ2) is 9.53. The van der Waals surface area contributed by atoms with Crippen LogP contribution < -0.4 is 5.32 Å². The Morgan fingerprint density at radius 1 is 1.10 bits per heavy atom. The van der Waals surface area contributed by atoms with Crippen molar-refractivity contribution in [1.82, 2.24) is 5.32 Å². The van der Waals surface area contributed by atoms with Gasteiger partial charge in [-0.25, -0.2) is 0 Å². The normalized spacial score (nSPS) is 19.3. The van der Waals surface area contributed by atoms with Crippen LogP contribution in [0.25, 0.3) is 0 Å². The van der Waals surface area contributed by atoms with Gasteiger partial charge in [0, 0.05) is 16.5 Å². The molecular formula is C19H31NS. The molecule has 0 radical (unpaired) electrons. The van der Waals surface area contributed by atoms with E-state index in [2.05, 4.69) is 61.3 Å². The quantitative estimate of drug-likeness (QED) is 0.673. The average Bonchev–Trinajstić information content (AvgIpc) is 2.56. The van der Waals surface area contributed by atoms with Gasteiger partial charge in [-0.3, -0.25) is 0 Å². The predicted molar refractivity (Wildman–Crippen MR) is 96.0 cm³/mol. The molecule has 0 spiro atoms. The minimum Gasteiger partial charge on any atom is -0.309 e. The molecule has 0 amide bonds.